The van der Waals surface area contributed by atoms with Gasteiger partial charge in [-0.1, -0.05) is 0 Å². The van der Waals surface area contributed by atoms with Gasteiger partial charge in [0.25, 0.3) is 0 Å². The van der Waals surface area contributed by atoms with Crippen LogP contribution in [0.3, 0.4) is 0 Å². The molecule has 1 heterocycles. The van der Waals surface area contributed by atoms with Crippen molar-refractivity contribution in [3.8, 4) is 0 Å². The van der Waals surface area contributed by atoms with Gasteiger partial charge in [0.05, 0.1) is 17.8 Å². The SMILES string of the molecule is Cc1ncsc1CCNC(C)CO. The minimum atomic E-state index is 0.188. The van der Waals surface area contributed by atoms with E-state index >= 15 is 0 Å². The van der Waals surface area contributed by atoms with E-state index in [-0.39, 0.29) is 12.6 Å². The second-order valence-corrected chi connectivity index (χ2v) is 4.09. The fraction of sp³-hybridized carbons (Fsp3) is 0.667. The van der Waals surface area contributed by atoms with Crippen LogP contribution in [0.25, 0.3) is 0 Å². The number of hydrogen-bond acceptors (Lipinski definition) is 4. The van der Waals surface area contributed by atoms with Crippen molar-refractivity contribution < 1.29 is 5.11 Å². The lowest BCUT2D eigenvalue weighted by Crippen LogP contribution is -2.30. The third-order valence-corrected chi connectivity index (χ3v) is 2.96. The molecule has 1 aromatic rings. The van der Waals surface area contributed by atoms with Gasteiger partial charge in [-0.2, -0.15) is 0 Å². The maximum atomic E-state index is 8.77. The molecule has 1 unspecified atom stereocenters. The summed E-state index contributed by atoms with van der Waals surface area (Å²) in [6, 6.07) is 0.188. The molecule has 0 aliphatic rings. The van der Waals surface area contributed by atoms with E-state index in [0.717, 1.165) is 18.7 Å². The summed E-state index contributed by atoms with van der Waals surface area (Å²) in [7, 11) is 0. The molecule has 1 aromatic heterocycles. The number of thiazole rings is 1. The molecule has 0 saturated carbocycles. The fourth-order valence-electron chi connectivity index (χ4n) is 1.06. The third kappa shape index (κ3) is 3.42. The van der Waals surface area contributed by atoms with Gasteiger partial charge in [0.2, 0.25) is 0 Å². The first-order chi connectivity index (χ1) is 6.24. The van der Waals surface area contributed by atoms with Gasteiger partial charge in [-0.15, -0.1) is 11.3 Å². The maximum absolute atomic E-state index is 8.77. The molecule has 2 N–H and O–H groups in total. The molecule has 0 aliphatic heterocycles. The zero-order valence-electron chi connectivity index (χ0n) is 8.08. The summed E-state index contributed by atoms with van der Waals surface area (Å²) >= 11 is 1.70. The number of hydrogen-bond donors (Lipinski definition) is 2. The van der Waals surface area contributed by atoms with Crippen LogP contribution >= 0.6 is 11.3 Å². The summed E-state index contributed by atoms with van der Waals surface area (Å²) in [6.07, 6.45) is 1.00. The predicted octanol–water partition coefficient (Wildman–Crippen LogP) is 0.964. The monoisotopic (exact) mass is 200 g/mol. The molecule has 0 saturated heterocycles. The topological polar surface area (TPSA) is 45.2 Å². The highest BCUT2D eigenvalue weighted by Crippen LogP contribution is 2.11. The van der Waals surface area contributed by atoms with Crippen molar-refractivity contribution in [2.45, 2.75) is 26.3 Å². The first-order valence-electron chi connectivity index (χ1n) is 4.47. The largest absolute Gasteiger partial charge is 0.395 e. The fourth-order valence-corrected chi connectivity index (χ4v) is 1.84. The zero-order chi connectivity index (χ0) is 9.68. The van der Waals surface area contributed by atoms with Crippen LogP contribution in [-0.2, 0) is 6.42 Å². The quantitative estimate of drug-likeness (QED) is 0.744. The zero-order valence-corrected chi connectivity index (χ0v) is 8.90. The van der Waals surface area contributed by atoms with Crippen LogP contribution in [0.5, 0.6) is 0 Å². The Labute approximate surface area is 82.8 Å². The molecule has 0 radical (unpaired) electrons. The van der Waals surface area contributed by atoms with Crippen LogP contribution < -0.4 is 5.32 Å². The number of aromatic nitrogens is 1. The first-order valence-corrected chi connectivity index (χ1v) is 5.35. The van der Waals surface area contributed by atoms with E-state index < -0.39 is 0 Å². The van der Waals surface area contributed by atoms with Crippen molar-refractivity contribution in [1.29, 1.82) is 0 Å². The van der Waals surface area contributed by atoms with Crippen LogP contribution in [0.15, 0.2) is 5.51 Å². The lowest BCUT2D eigenvalue weighted by Gasteiger charge is -2.09. The number of rotatable bonds is 5. The first kappa shape index (κ1) is 10.6. The van der Waals surface area contributed by atoms with E-state index in [0.29, 0.717) is 0 Å². The number of aliphatic hydroxyl groups is 1. The minimum absolute atomic E-state index is 0.188. The average molecular weight is 200 g/mol. The molecule has 0 fully saturated rings. The predicted molar refractivity (Wildman–Crippen MR) is 55.1 cm³/mol. The van der Waals surface area contributed by atoms with Crippen LogP contribution in [-0.4, -0.2) is 29.3 Å². The van der Waals surface area contributed by atoms with E-state index in [4.69, 9.17) is 5.11 Å². The molecular weight excluding hydrogens is 184 g/mol. The molecule has 1 atom stereocenters. The molecule has 74 valence electrons. The van der Waals surface area contributed by atoms with E-state index in [2.05, 4.69) is 10.3 Å². The van der Waals surface area contributed by atoms with Gasteiger partial charge in [-0.05, 0) is 20.3 Å². The van der Waals surface area contributed by atoms with E-state index in [9.17, 15) is 0 Å². The van der Waals surface area contributed by atoms with E-state index in [1.807, 2.05) is 19.4 Å². The number of nitrogens with one attached hydrogen (secondary N) is 1. The highest BCUT2D eigenvalue weighted by molar-refractivity contribution is 7.09. The van der Waals surface area contributed by atoms with Gasteiger partial charge in [0.1, 0.15) is 0 Å². The average Bonchev–Trinajstić information content (AvgIpc) is 2.52. The molecule has 1 rings (SSSR count). The van der Waals surface area contributed by atoms with Crippen molar-refractivity contribution >= 4 is 11.3 Å². The Morgan fingerprint density at radius 2 is 2.46 bits per heavy atom. The van der Waals surface area contributed by atoms with Crippen molar-refractivity contribution in [3.63, 3.8) is 0 Å². The third-order valence-electron chi connectivity index (χ3n) is 1.96. The second-order valence-electron chi connectivity index (χ2n) is 3.15. The Balaban J connectivity index is 2.24. The lowest BCUT2D eigenvalue weighted by molar-refractivity contribution is 0.252. The number of aryl methyl sites for hydroxylation is 1. The van der Waals surface area contributed by atoms with Crippen LogP contribution in [0.2, 0.25) is 0 Å². The molecule has 0 bridgehead atoms. The number of nitrogens with zero attached hydrogens (tertiary/aromatic N) is 1. The van der Waals surface area contributed by atoms with Gasteiger partial charge in [0, 0.05) is 17.5 Å². The summed E-state index contributed by atoms with van der Waals surface area (Å²) in [5.74, 6) is 0. The lowest BCUT2D eigenvalue weighted by atomic mass is 10.3. The molecular formula is C9H16N2OS. The van der Waals surface area contributed by atoms with Crippen molar-refractivity contribution in [2.24, 2.45) is 0 Å². The van der Waals surface area contributed by atoms with Crippen LogP contribution in [0, 0.1) is 6.92 Å². The Kier molecular flexibility index (Phi) is 4.35. The molecule has 0 aromatic carbocycles. The molecule has 13 heavy (non-hydrogen) atoms. The summed E-state index contributed by atoms with van der Waals surface area (Å²) in [6.45, 7) is 5.10. The Morgan fingerprint density at radius 3 is 3.00 bits per heavy atom. The summed E-state index contributed by atoms with van der Waals surface area (Å²) < 4.78 is 0. The molecule has 0 amide bonds. The highest BCUT2D eigenvalue weighted by atomic mass is 32.1. The van der Waals surface area contributed by atoms with Gasteiger partial charge in [0.15, 0.2) is 0 Å². The van der Waals surface area contributed by atoms with Crippen LogP contribution in [0.4, 0.5) is 0 Å². The van der Waals surface area contributed by atoms with Gasteiger partial charge >= 0.3 is 0 Å². The molecule has 4 heteroatoms. The summed E-state index contributed by atoms with van der Waals surface area (Å²) in [5, 5.41) is 12.0. The smallest absolute Gasteiger partial charge is 0.0797 e. The Morgan fingerprint density at radius 1 is 1.69 bits per heavy atom. The highest BCUT2D eigenvalue weighted by Gasteiger charge is 2.02. The molecule has 0 aliphatic carbocycles. The standard InChI is InChI=1S/C9H16N2OS/c1-7(5-12)10-4-3-9-8(2)11-6-13-9/h6-7,10,12H,3-5H2,1-2H3. The molecule has 0 spiro atoms. The van der Waals surface area contributed by atoms with Crippen LogP contribution in [0.1, 0.15) is 17.5 Å². The summed E-state index contributed by atoms with van der Waals surface area (Å²) in [5.41, 5.74) is 3.00. The van der Waals surface area contributed by atoms with Crippen molar-refractivity contribution in [3.05, 3.63) is 16.1 Å². The second kappa shape index (κ2) is 5.32. The van der Waals surface area contributed by atoms with Gasteiger partial charge in [-0.25, -0.2) is 4.98 Å². The van der Waals surface area contributed by atoms with Gasteiger partial charge in [-0.3, -0.25) is 0 Å². The normalized spacial score (nSPS) is 13.2. The van der Waals surface area contributed by atoms with E-state index in [1.165, 1.54) is 4.88 Å². The Bertz CT molecular complexity index is 250. The van der Waals surface area contributed by atoms with Crippen molar-refractivity contribution in [2.75, 3.05) is 13.2 Å². The maximum Gasteiger partial charge on any atom is 0.0797 e. The summed E-state index contributed by atoms with van der Waals surface area (Å²) in [4.78, 5) is 5.51. The van der Waals surface area contributed by atoms with Gasteiger partial charge < -0.3 is 10.4 Å². The minimum Gasteiger partial charge on any atom is -0.395 e. The number of aliphatic hydroxyl groups excluding tert-OH is 1. The van der Waals surface area contributed by atoms with E-state index in [1.54, 1.807) is 11.3 Å². The molecule has 3 nitrogen and oxygen atoms in total. The Hall–Kier alpha value is -0.450. The van der Waals surface area contributed by atoms with Crippen molar-refractivity contribution in [1.82, 2.24) is 10.3 Å².